The molecular formula is C24H29FN4O2. The van der Waals surface area contributed by atoms with E-state index in [9.17, 15) is 9.18 Å². The van der Waals surface area contributed by atoms with Crippen LogP contribution in [-0.4, -0.2) is 53.6 Å². The number of cyclic esters (lactones) is 1. The summed E-state index contributed by atoms with van der Waals surface area (Å²) in [6, 6.07) is 5.46. The fraction of sp³-hybridized carbons (Fsp3) is 0.542. The first-order valence-corrected chi connectivity index (χ1v) is 11.3. The van der Waals surface area contributed by atoms with Crippen LogP contribution < -0.4 is 4.90 Å². The van der Waals surface area contributed by atoms with Crippen LogP contribution in [0.2, 0.25) is 0 Å². The van der Waals surface area contributed by atoms with E-state index in [0.29, 0.717) is 17.8 Å². The van der Waals surface area contributed by atoms with E-state index in [0.717, 1.165) is 63.1 Å². The van der Waals surface area contributed by atoms with Crippen LogP contribution in [0.5, 0.6) is 0 Å². The maximum Gasteiger partial charge on any atom is 0.338 e. The second-order valence-corrected chi connectivity index (χ2v) is 9.23. The van der Waals surface area contributed by atoms with Crippen molar-refractivity contribution in [2.45, 2.75) is 45.6 Å². The van der Waals surface area contributed by atoms with Gasteiger partial charge in [0.15, 0.2) is 0 Å². The number of benzene rings is 1. The molecule has 2 aromatic rings. The van der Waals surface area contributed by atoms with Gasteiger partial charge in [0.1, 0.15) is 18.8 Å². The highest BCUT2D eigenvalue weighted by molar-refractivity contribution is 5.93. The SMILES string of the molecule is Cc1c(CCN2CCC3(CC2)CCN(c2cc(F)ncn2)CC3)ccc2c1COC2=O. The summed E-state index contributed by atoms with van der Waals surface area (Å²) in [7, 11) is 0. The number of carbonyl (C=O) groups is 1. The lowest BCUT2D eigenvalue weighted by atomic mass is 9.71. The Morgan fingerprint density at radius 2 is 1.84 bits per heavy atom. The van der Waals surface area contributed by atoms with E-state index in [1.165, 1.54) is 36.4 Å². The Kier molecular flexibility index (Phi) is 5.38. The van der Waals surface area contributed by atoms with E-state index in [1.54, 1.807) is 0 Å². The first kappa shape index (κ1) is 20.4. The molecule has 0 saturated carbocycles. The van der Waals surface area contributed by atoms with Gasteiger partial charge in [-0.1, -0.05) is 6.07 Å². The summed E-state index contributed by atoms with van der Waals surface area (Å²) < 4.78 is 18.6. The highest BCUT2D eigenvalue weighted by Crippen LogP contribution is 2.42. The van der Waals surface area contributed by atoms with Crippen molar-refractivity contribution < 1.29 is 13.9 Å². The Bertz CT molecular complexity index is 978. The number of hydrogen-bond acceptors (Lipinski definition) is 6. The van der Waals surface area contributed by atoms with Gasteiger partial charge in [0.2, 0.25) is 5.95 Å². The Labute approximate surface area is 182 Å². The molecule has 0 amide bonds. The molecule has 5 rings (SSSR count). The zero-order valence-electron chi connectivity index (χ0n) is 18.1. The second kappa shape index (κ2) is 8.19. The molecule has 2 fully saturated rings. The largest absolute Gasteiger partial charge is 0.457 e. The lowest BCUT2D eigenvalue weighted by Gasteiger charge is -2.47. The van der Waals surface area contributed by atoms with Crippen molar-refractivity contribution in [3.63, 3.8) is 0 Å². The van der Waals surface area contributed by atoms with Crippen LogP contribution >= 0.6 is 0 Å². The minimum Gasteiger partial charge on any atom is -0.457 e. The van der Waals surface area contributed by atoms with Gasteiger partial charge in [0.05, 0.1) is 5.56 Å². The van der Waals surface area contributed by atoms with E-state index in [2.05, 4.69) is 32.8 Å². The minimum atomic E-state index is -0.462. The van der Waals surface area contributed by atoms with Crippen molar-refractivity contribution in [2.24, 2.45) is 5.41 Å². The molecule has 0 unspecified atom stereocenters. The summed E-state index contributed by atoms with van der Waals surface area (Å²) in [6.07, 6.45) is 7.05. The molecule has 1 spiro atoms. The lowest BCUT2D eigenvalue weighted by molar-refractivity contribution is 0.0535. The lowest BCUT2D eigenvalue weighted by Crippen LogP contribution is -2.47. The molecule has 4 heterocycles. The van der Waals surface area contributed by atoms with Crippen LogP contribution in [0.15, 0.2) is 24.5 Å². The number of fused-ring (bicyclic) bond motifs is 1. The van der Waals surface area contributed by atoms with Crippen molar-refractivity contribution in [3.8, 4) is 0 Å². The average molecular weight is 425 g/mol. The number of anilines is 1. The van der Waals surface area contributed by atoms with Gasteiger partial charge in [-0.15, -0.1) is 0 Å². The zero-order chi connectivity index (χ0) is 21.4. The molecule has 1 aromatic carbocycles. The summed E-state index contributed by atoms with van der Waals surface area (Å²) in [5.41, 5.74) is 4.75. The quantitative estimate of drug-likeness (QED) is 0.553. The van der Waals surface area contributed by atoms with Gasteiger partial charge in [-0.05, 0) is 74.7 Å². The maximum absolute atomic E-state index is 13.4. The Morgan fingerprint density at radius 3 is 2.58 bits per heavy atom. The number of esters is 1. The molecule has 6 nitrogen and oxygen atoms in total. The third-order valence-corrected chi connectivity index (χ3v) is 7.66. The summed E-state index contributed by atoms with van der Waals surface area (Å²) in [4.78, 5) is 24.3. The summed E-state index contributed by atoms with van der Waals surface area (Å²) in [5.74, 6) is 0.0507. The number of nitrogens with zero attached hydrogens (tertiary/aromatic N) is 4. The summed E-state index contributed by atoms with van der Waals surface area (Å²) in [6.45, 7) is 7.72. The van der Waals surface area contributed by atoms with Gasteiger partial charge < -0.3 is 14.5 Å². The van der Waals surface area contributed by atoms with Crippen molar-refractivity contribution in [1.82, 2.24) is 14.9 Å². The summed E-state index contributed by atoms with van der Waals surface area (Å²) >= 11 is 0. The smallest absolute Gasteiger partial charge is 0.338 e. The molecule has 164 valence electrons. The van der Waals surface area contributed by atoms with Crippen LogP contribution in [0.4, 0.5) is 10.2 Å². The molecular weight excluding hydrogens is 395 g/mol. The molecule has 7 heteroatoms. The fourth-order valence-corrected chi connectivity index (χ4v) is 5.41. The normalized spacial score (nSPS) is 20.7. The molecule has 0 atom stereocenters. The van der Waals surface area contributed by atoms with E-state index in [-0.39, 0.29) is 5.97 Å². The first-order chi connectivity index (χ1) is 15.0. The summed E-state index contributed by atoms with van der Waals surface area (Å²) in [5, 5.41) is 0. The fourth-order valence-electron chi connectivity index (χ4n) is 5.41. The van der Waals surface area contributed by atoms with Gasteiger partial charge in [0.25, 0.3) is 0 Å². The molecule has 0 aliphatic carbocycles. The van der Waals surface area contributed by atoms with Gasteiger partial charge in [-0.2, -0.15) is 4.39 Å². The standard InChI is InChI=1S/C24H29FN4O2/c1-17-18(2-3-19-20(17)15-31-23(19)30)4-9-28-10-5-24(6-11-28)7-12-29(13-8-24)22-14-21(25)26-16-27-22/h2-3,14,16H,4-13,15H2,1H3. The van der Waals surface area contributed by atoms with Crippen molar-refractivity contribution in [1.29, 1.82) is 0 Å². The zero-order valence-corrected chi connectivity index (χ0v) is 18.1. The topological polar surface area (TPSA) is 58.6 Å². The molecule has 0 bridgehead atoms. The second-order valence-electron chi connectivity index (χ2n) is 9.23. The number of rotatable bonds is 4. The third kappa shape index (κ3) is 4.03. The number of halogens is 1. The molecule has 3 aliphatic rings. The predicted molar refractivity (Wildman–Crippen MR) is 116 cm³/mol. The van der Waals surface area contributed by atoms with Gasteiger partial charge >= 0.3 is 5.97 Å². The van der Waals surface area contributed by atoms with Crippen LogP contribution in [0.1, 0.15) is 52.7 Å². The van der Waals surface area contributed by atoms with Crippen molar-refractivity contribution in [2.75, 3.05) is 37.6 Å². The first-order valence-electron chi connectivity index (χ1n) is 11.3. The highest BCUT2D eigenvalue weighted by atomic mass is 19.1. The number of hydrogen-bond donors (Lipinski definition) is 0. The van der Waals surface area contributed by atoms with E-state index >= 15 is 0 Å². The monoisotopic (exact) mass is 424 g/mol. The number of likely N-dealkylation sites (tertiary alicyclic amines) is 1. The van der Waals surface area contributed by atoms with E-state index < -0.39 is 5.95 Å². The Balaban J connectivity index is 1.13. The molecule has 31 heavy (non-hydrogen) atoms. The molecule has 0 radical (unpaired) electrons. The molecule has 3 aliphatic heterocycles. The van der Waals surface area contributed by atoms with Gasteiger partial charge in [-0.25, -0.2) is 14.8 Å². The Hall–Kier alpha value is -2.54. The highest BCUT2D eigenvalue weighted by Gasteiger charge is 2.37. The molecule has 1 aromatic heterocycles. The molecule has 0 N–H and O–H groups in total. The van der Waals surface area contributed by atoms with Crippen LogP contribution in [-0.2, 0) is 17.8 Å². The van der Waals surface area contributed by atoms with Crippen LogP contribution in [0.3, 0.4) is 0 Å². The van der Waals surface area contributed by atoms with E-state index in [1.807, 2.05) is 6.07 Å². The number of ether oxygens (including phenoxy) is 1. The average Bonchev–Trinajstić information content (AvgIpc) is 3.17. The van der Waals surface area contributed by atoms with Crippen molar-refractivity contribution in [3.05, 3.63) is 52.7 Å². The van der Waals surface area contributed by atoms with Crippen molar-refractivity contribution >= 4 is 11.8 Å². The Morgan fingerprint density at radius 1 is 1.10 bits per heavy atom. The predicted octanol–water partition coefficient (Wildman–Crippen LogP) is 3.52. The number of aromatic nitrogens is 2. The van der Waals surface area contributed by atoms with Gasteiger partial charge in [-0.3, -0.25) is 0 Å². The van der Waals surface area contributed by atoms with Crippen LogP contribution in [0, 0.1) is 18.3 Å². The number of piperidine rings is 2. The third-order valence-electron chi connectivity index (χ3n) is 7.66. The van der Waals surface area contributed by atoms with Gasteiger partial charge in [0, 0.05) is 31.3 Å². The molecule has 2 saturated heterocycles. The number of carbonyl (C=O) groups excluding carboxylic acids is 1. The van der Waals surface area contributed by atoms with Crippen LogP contribution in [0.25, 0.3) is 0 Å². The maximum atomic E-state index is 13.4. The minimum absolute atomic E-state index is 0.193. The van der Waals surface area contributed by atoms with E-state index in [4.69, 9.17) is 4.74 Å².